The van der Waals surface area contributed by atoms with Crippen LogP contribution in [0.15, 0.2) is 50.2 Å². The number of aryl methyl sites for hydroxylation is 2. The Labute approximate surface area is 177 Å². The van der Waals surface area contributed by atoms with Crippen molar-refractivity contribution >= 4 is 38.1 Å². The van der Waals surface area contributed by atoms with E-state index in [0.29, 0.717) is 17.5 Å². The number of hydrogen-bond acceptors (Lipinski definition) is 6. The number of nitrogens with one attached hydrogen (secondary N) is 1. The second-order valence-electron chi connectivity index (χ2n) is 6.99. The van der Waals surface area contributed by atoms with Crippen molar-refractivity contribution in [1.29, 1.82) is 0 Å². The van der Waals surface area contributed by atoms with Crippen LogP contribution >= 0.6 is 11.3 Å². The Balaban J connectivity index is 1.80. The first kappa shape index (κ1) is 22.0. The first-order chi connectivity index (χ1) is 14.2. The molecule has 3 rings (SSSR count). The summed E-state index contributed by atoms with van der Waals surface area (Å²) in [5.41, 5.74) is -0.650. The van der Waals surface area contributed by atoms with Gasteiger partial charge in [0.2, 0.25) is 5.91 Å². The van der Waals surface area contributed by atoms with E-state index >= 15 is 0 Å². The van der Waals surface area contributed by atoms with Gasteiger partial charge < -0.3 is 14.5 Å². The minimum absolute atomic E-state index is 0.00162. The van der Waals surface area contributed by atoms with Crippen LogP contribution in [0.2, 0.25) is 0 Å². The van der Waals surface area contributed by atoms with E-state index in [-0.39, 0.29) is 29.0 Å². The van der Waals surface area contributed by atoms with Gasteiger partial charge in [-0.25, -0.2) is 8.42 Å². The minimum Gasteiger partial charge on any atom is -0.348 e. The third kappa shape index (κ3) is 4.24. The molecule has 1 aromatic carbocycles. The van der Waals surface area contributed by atoms with E-state index in [2.05, 4.69) is 5.32 Å². The molecule has 0 bridgehead atoms. The largest absolute Gasteiger partial charge is 0.348 e. The molecule has 0 saturated heterocycles. The number of rotatable bonds is 7. The summed E-state index contributed by atoms with van der Waals surface area (Å²) in [5.74, 6) is -0.695. The van der Waals surface area contributed by atoms with Gasteiger partial charge in [-0.05, 0) is 36.1 Å². The van der Waals surface area contributed by atoms with Crippen LogP contribution in [0.5, 0.6) is 0 Å². The highest BCUT2D eigenvalue weighted by molar-refractivity contribution is 7.91. The average molecular weight is 450 g/mol. The Morgan fingerprint density at radius 1 is 1.10 bits per heavy atom. The normalized spacial score (nSPS) is 12.8. The van der Waals surface area contributed by atoms with Gasteiger partial charge in [-0.3, -0.25) is 14.4 Å². The van der Waals surface area contributed by atoms with Crippen molar-refractivity contribution in [3.63, 3.8) is 0 Å². The Morgan fingerprint density at radius 3 is 2.37 bits per heavy atom. The number of nitrogens with zero attached hydrogens (tertiary/aromatic N) is 2. The van der Waals surface area contributed by atoms with Gasteiger partial charge in [-0.15, -0.1) is 11.3 Å². The maximum Gasteiger partial charge on any atom is 0.316 e. The molecule has 0 saturated carbocycles. The number of carbonyl (C=O) groups is 1. The zero-order chi connectivity index (χ0) is 22.1. The van der Waals surface area contributed by atoms with Gasteiger partial charge in [0.25, 0.3) is 0 Å². The molecule has 8 nitrogen and oxygen atoms in total. The molecule has 10 heteroatoms. The first-order valence-electron chi connectivity index (χ1n) is 9.41. The van der Waals surface area contributed by atoms with E-state index in [1.807, 2.05) is 24.4 Å². The smallest absolute Gasteiger partial charge is 0.316 e. The molecule has 0 fully saturated rings. The Kier molecular flexibility index (Phi) is 6.27. The zero-order valence-corrected chi connectivity index (χ0v) is 18.5. The molecule has 0 aliphatic heterocycles. The van der Waals surface area contributed by atoms with Crippen LogP contribution < -0.4 is 16.4 Å². The maximum atomic E-state index is 12.8. The molecular weight excluding hydrogens is 426 g/mol. The van der Waals surface area contributed by atoms with Gasteiger partial charge in [0.05, 0.1) is 27.7 Å². The van der Waals surface area contributed by atoms with E-state index in [1.165, 1.54) is 48.2 Å². The topological polar surface area (TPSA) is 107 Å². The minimum atomic E-state index is -3.76. The van der Waals surface area contributed by atoms with Crippen molar-refractivity contribution in [2.24, 2.45) is 14.1 Å². The summed E-state index contributed by atoms with van der Waals surface area (Å²) in [4.78, 5) is 37.3. The van der Waals surface area contributed by atoms with Crippen LogP contribution in [0, 0.1) is 0 Å². The maximum absolute atomic E-state index is 12.8. The number of fused-ring (bicyclic) bond motifs is 1. The summed E-state index contributed by atoms with van der Waals surface area (Å²) in [6.45, 7) is 1.95. The van der Waals surface area contributed by atoms with Crippen LogP contribution in [0.4, 0.5) is 0 Å². The lowest BCUT2D eigenvalue weighted by atomic mass is 10.2. The monoisotopic (exact) mass is 449 g/mol. The molecule has 0 spiro atoms. The molecule has 30 heavy (non-hydrogen) atoms. The summed E-state index contributed by atoms with van der Waals surface area (Å²) in [5, 5.41) is 4.80. The summed E-state index contributed by atoms with van der Waals surface area (Å²) in [6, 6.07) is 7.94. The Bertz CT molecular complexity index is 1300. The fourth-order valence-corrected chi connectivity index (χ4v) is 5.35. The third-order valence-electron chi connectivity index (χ3n) is 5.05. The van der Waals surface area contributed by atoms with Gasteiger partial charge in [0, 0.05) is 25.4 Å². The fourth-order valence-electron chi connectivity index (χ4n) is 3.23. The number of hydrogen-bond donors (Lipinski definition) is 1. The van der Waals surface area contributed by atoms with Crippen molar-refractivity contribution in [2.75, 3.05) is 5.75 Å². The molecule has 2 aromatic heterocycles. The summed E-state index contributed by atoms with van der Waals surface area (Å²) < 4.78 is 27.9. The molecule has 3 aromatic rings. The molecule has 160 valence electrons. The summed E-state index contributed by atoms with van der Waals surface area (Å²) >= 11 is 1.54. The van der Waals surface area contributed by atoms with E-state index < -0.39 is 21.0 Å². The number of carbonyl (C=O) groups excluding carboxylic acids is 1. The first-order valence-corrected chi connectivity index (χ1v) is 11.9. The van der Waals surface area contributed by atoms with Gasteiger partial charge in [0.15, 0.2) is 9.84 Å². The summed E-state index contributed by atoms with van der Waals surface area (Å²) in [6.07, 6.45) is 0.533. The van der Waals surface area contributed by atoms with Crippen LogP contribution in [0.1, 0.15) is 30.7 Å². The van der Waals surface area contributed by atoms with E-state index in [0.717, 1.165) is 9.44 Å². The molecule has 0 aliphatic rings. The second-order valence-corrected chi connectivity index (χ2v) is 10.1. The van der Waals surface area contributed by atoms with Crippen molar-refractivity contribution in [3.05, 3.63) is 61.3 Å². The van der Waals surface area contributed by atoms with Gasteiger partial charge >= 0.3 is 11.1 Å². The highest BCUT2D eigenvalue weighted by Crippen LogP contribution is 2.22. The zero-order valence-electron chi connectivity index (χ0n) is 16.9. The van der Waals surface area contributed by atoms with Crippen LogP contribution in [0.25, 0.3) is 11.0 Å². The predicted molar refractivity (Wildman–Crippen MR) is 117 cm³/mol. The molecule has 1 N–H and O–H groups in total. The van der Waals surface area contributed by atoms with Crippen molar-refractivity contribution in [3.8, 4) is 0 Å². The number of benzene rings is 1. The molecule has 0 unspecified atom stereocenters. The highest BCUT2D eigenvalue weighted by Gasteiger charge is 2.20. The predicted octanol–water partition coefficient (Wildman–Crippen LogP) is 1.73. The molecular formula is C20H23N3O5S2. The van der Waals surface area contributed by atoms with Crippen LogP contribution in [-0.4, -0.2) is 29.2 Å². The van der Waals surface area contributed by atoms with E-state index in [1.54, 1.807) is 0 Å². The molecule has 1 atom stereocenters. The second kappa shape index (κ2) is 8.57. The number of amides is 1. The molecule has 0 aliphatic carbocycles. The van der Waals surface area contributed by atoms with Crippen molar-refractivity contribution in [2.45, 2.75) is 30.7 Å². The third-order valence-corrected chi connectivity index (χ3v) is 7.75. The fraction of sp³-hybridized carbons (Fsp3) is 0.350. The molecule has 0 radical (unpaired) electrons. The van der Waals surface area contributed by atoms with Crippen molar-refractivity contribution in [1.82, 2.24) is 14.5 Å². The number of thiophene rings is 1. The highest BCUT2D eigenvalue weighted by atomic mass is 32.2. The quantitative estimate of drug-likeness (QED) is 0.553. The van der Waals surface area contributed by atoms with E-state index in [4.69, 9.17) is 0 Å². The Hall–Kier alpha value is -2.72. The Morgan fingerprint density at radius 2 is 1.77 bits per heavy atom. The van der Waals surface area contributed by atoms with Gasteiger partial charge in [-0.2, -0.15) is 0 Å². The number of aromatic nitrogens is 2. The van der Waals surface area contributed by atoms with Crippen LogP contribution in [-0.2, 0) is 28.7 Å². The van der Waals surface area contributed by atoms with Crippen LogP contribution in [0.3, 0.4) is 0 Å². The SMILES string of the molecule is CC[C@H](NC(=O)CCS(=O)(=O)c1ccc2c(c1)n(C)c(=O)c(=O)n2C)c1cccs1. The number of sulfone groups is 1. The van der Waals surface area contributed by atoms with Crippen molar-refractivity contribution < 1.29 is 13.2 Å². The lowest BCUT2D eigenvalue weighted by molar-refractivity contribution is -0.121. The lowest BCUT2D eigenvalue weighted by Crippen LogP contribution is -2.39. The standard InChI is InChI=1S/C20H23N3O5S2/c1-4-14(17-6-5-10-29-17)21-18(24)9-11-30(27,28)13-7-8-15-16(12-13)23(3)20(26)19(25)22(15)2/h5-8,10,12,14H,4,9,11H2,1-3H3,(H,21,24)/t14-/m0/s1. The lowest BCUT2D eigenvalue weighted by Gasteiger charge is -2.15. The molecule has 2 heterocycles. The van der Waals surface area contributed by atoms with Gasteiger partial charge in [-0.1, -0.05) is 13.0 Å². The summed E-state index contributed by atoms with van der Waals surface area (Å²) in [7, 11) is -0.874. The average Bonchev–Trinajstić information content (AvgIpc) is 3.27. The molecule has 1 amide bonds. The van der Waals surface area contributed by atoms with Gasteiger partial charge in [0.1, 0.15) is 0 Å². The van der Waals surface area contributed by atoms with E-state index in [9.17, 15) is 22.8 Å².